The second kappa shape index (κ2) is 4.52. The Hall–Kier alpha value is 0.714. The largest absolute Gasteiger partial charge is 0.213 e. The van der Waals surface area contributed by atoms with Crippen LogP contribution in [-0.4, -0.2) is 0 Å². The molecule has 0 nitrogen and oxygen atoms in total. The first-order valence-electron chi connectivity index (χ1n) is 3.02. The fraction of sp³-hybridized carbons (Fsp3) is 0.375. The molecular weight excluding hydrogens is 237 g/mol. The summed E-state index contributed by atoms with van der Waals surface area (Å²) in [6, 6.07) is 8.47. The van der Waals surface area contributed by atoms with Crippen molar-refractivity contribution >= 4 is 0 Å². The van der Waals surface area contributed by atoms with Crippen LogP contribution in [0.25, 0.3) is 0 Å². The number of rotatable bonds is 1. The summed E-state index contributed by atoms with van der Waals surface area (Å²) in [6.45, 7) is 4.41. The van der Waals surface area contributed by atoms with Crippen molar-refractivity contribution in [3.05, 3.63) is 29.8 Å². The Labute approximate surface area is 90.0 Å². The third kappa shape index (κ3) is 2.86. The van der Waals surface area contributed by atoms with E-state index in [0.717, 1.165) is 0 Å². The van der Waals surface area contributed by atoms with Gasteiger partial charge in [0.25, 0.3) is 0 Å². The van der Waals surface area contributed by atoms with Crippen LogP contribution >= 0.6 is 0 Å². The average Bonchev–Trinajstić information content (AvgIpc) is 2.12. The van der Waals surface area contributed by atoms with Crippen LogP contribution in [0.2, 0.25) is 0 Å². The average molecular weight is 248 g/mol. The van der Waals surface area contributed by atoms with E-state index in [1.165, 1.54) is 5.56 Å². The Kier molecular flexibility index (Phi) is 4.88. The molecular formula is C8H11Pr-. The van der Waals surface area contributed by atoms with Gasteiger partial charge in [0.05, 0.1) is 0 Å². The zero-order valence-corrected chi connectivity index (χ0v) is 9.67. The van der Waals surface area contributed by atoms with Crippen LogP contribution in [0.1, 0.15) is 25.3 Å². The summed E-state index contributed by atoms with van der Waals surface area (Å²) in [6.07, 6.45) is 0. The summed E-state index contributed by atoms with van der Waals surface area (Å²) in [7, 11) is 0. The molecule has 47 valence electrons. The molecule has 0 atom stereocenters. The van der Waals surface area contributed by atoms with Gasteiger partial charge in [0, 0.05) is 41.3 Å². The normalized spacial score (nSPS) is 9.22. The van der Waals surface area contributed by atoms with Crippen LogP contribution in [0, 0.1) is 41.3 Å². The van der Waals surface area contributed by atoms with E-state index in [2.05, 4.69) is 38.1 Å². The van der Waals surface area contributed by atoms with Gasteiger partial charge in [-0.3, -0.25) is 0 Å². The Morgan fingerprint density at radius 3 is 1.78 bits per heavy atom. The first kappa shape index (κ1) is 9.71. The summed E-state index contributed by atoms with van der Waals surface area (Å²) >= 11 is 0. The van der Waals surface area contributed by atoms with E-state index >= 15 is 0 Å². The molecule has 0 saturated heterocycles. The molecule has 1 aromatic carbocycles. The molecule has 1 heteroatoms. The van der Waals surface area contributed by atoms with Gasteiger partial charge in [0.2, 0.25) is 0 Å². The Bertz CT molecular complexity index is 140. The minimum atomic E-state index is 0. The molecule has 9 heavy (non-hydrogen) atoms. The maximum absolute atomic E-state index is 2.20. The molecule has 0 bridgehead atoms. The summed E-state index contributed by atoms with van der Waals surface area (Å²) in [5.74, 6) is 0.685. The van der Waals surface area contributed by atoms with Crippen molar-refractivity contribution in [1.29, 1.82) is 0 Å². The van der Waals surface area contributed by atoms with E-state index < -0.39 is 0 Å². The summed E-state index contributed by atoms with van der Waals surface area (Å²) in [5, 5.41) is 0. The van der Waals surface area contributed by atoms with Gasteiger partial charge in [0.15, 0.2) is 0 Å². The van der Waals surface area contributed by atoms with Gasteiger partial charge in [-0.2, -0.15) is 17.7 Å². The predicted octanol–water partition coefficient (Wildman–Crippen LogP) is 2.53. The molecule has 0 N–H and O–H groups in total. The summed E-state index contributed by atoms with van der Waals surface area (Å²) < 4.78 is 0. The van der Waals surface area contributed by atoms with E-state index in [-0.39, 0.29) is 41.3 Å². The zero-order chi connectivity index (χ0) is 5.98. The molecule has 0 saturated carbocycles. The molecule has 1 radical (unpaired) electrons. The van der Waals surface area contributed by atoms with E-state index in [9.17, 15) is 0 Å². The van der Waals surface area contributed by atoms with Gasteiger partial charge in [-0.1, -0.05) is 19.8 Å². The molecule has 0 spiro atoms. The third-order valence-corrected chi connectivity index (χ3v) is 1.36. The van der Waals surface area contributed by atoms with Crippen LogP contribution < -0.4 is 0 Å². The van der Waals surface area contributed by atoms with Gasteiger partial charge in [-0.25, -0.2) is 12.1 Å². The number of hydrogen-bond acceptors (Lipinski definition) is 0. The molecule has 0 unspecified atom stereocenters. The fourth-order valence-electron chi connectivity index (χ4n) is 0.774. The molecule has 0 fully saturated rings. The van der Waals surface area contributed by atoms with Crippen LogP contribution in [0.5, 0.6) is 0 Å². The zero-order valence-electron chi connectivity index (χ0n) is 5.96. The molecule has 0 amide bonds. The molecule has 0 aromatic heterocycles. The van der Waals surface area contributed by atoms with Crippen molar-refractivity contribution in [2.75, 3.05) is 0 Å². The van der Waals surface area contributed by atoms with E-state index in [1.54, 1.807) is 0 Å². The maximum atomic E-state index is 2.20. The van der Waals surface area contributed by atoms with Crippen molar-refractivity contribution in [3.8, 4) is 0 Å². The minimum Gasteiger partial charge on any atom is -0.213 e. The maximum Gasteiger partial charge on any atom is 0 e. The standard InChI is InChI=1S/C8H11.Pr/c1-7(2)8-5-3-4-6-8;/h3-7H,1-2H3;/q-1;. The van der Waals surface area contributed by atoms with E-state index in [1.807, 2.05) is 0 Å². The molecule has 0 aliphatic rings. The molecule has 0 aliphatic carbocycles. The fourth-order valence-corrected chi connectivity index (χ4v) is 0.774. The Morgan fingerprint density at radius 2 is 1.56 bits per heavy atom. The van der Waals surface area contributed by atoms with Crippen LogP contribution in [0.4, 0.5) is 0 Å². The number of hydrogen-bond donors (Lipinski definition) is 0. The first-order valence-corrected chi connectivity index (χ1v) is 3.02. The second-order valence-electron chi connectivity index (χ2n) is 2.37. The minimum absolute atomic E-state index is 0. The van der Waals surface area contributed by atoms with Gasteiger partial charge >= 0.3 is 0 Å². The van der Waals surface area contributed by atoms with Gasteiger partial charge < -0.3 is 0 Å². The van der Waals surface area contributed by atoms with Crippen molar-refractivity contribution in [2.45, 2.75) is 19.8 Å². The molecule has 0 heterocycles. The van der Waals surface area contributed by atoms with E-state index in [0.29, 0.717) is 5.92 Å². The van der Waals surface area contributed by atoms with Gasteiger partial charge in [0.1, 0.15) is 0 Å². The predicted molar refractivity (Wildman–Crippen MR) is 36.1 cm³/mol. The van der Waals surface area contributed by atoms with Crippen LogP contribution in [0.3, 0.4) is 0 Å². The van der Waals surface area contributed by atoms with Gasteiger partial charge in [-0.15, -0.1) is 0 Å². The molecule has 1 aromatic rings. The Balaban J connectivity index is 0.000000640. The first-order chi connectivity index (χ1) is 3.80. The van der Waals surface area contributed by atoms with E-state index in [4.69, 9.17) is 0 Å². The van der Waals surface area contributed by atoms with Crippen molar-refractivity contribution in [2.24, 2.45) is 0 Å². The van der Waals surface area contributed by atoms with Crippen molar-refractivity contribution in [1.82, 2.24) is 0 Å². The van der Waals surface area contributed by atoms with Gasteiger partial charge in [-0.05, 0) is 0 Å². The SMILES string of the molecule is CC(C)[c-]1cccc1.[Pr]. The summed E-state index contributed by atoms with van der Waals surface area (Å²) in [4.78, 5) is 0. The quantitative estimate of drug-likeness (QED) is 0.670. The third-order valence-electron chi connectivity index (χ3n) is 1.36. The monoisotopic (exact) mass is 248 g/mol. The smallest absolute Gasteiger partial charge is 0 e. The van der Waals surface area contributed by atoms with Crippen molar-refractivity contribution < 1.29 is 41.3 Å². The van der Waals surface area contributed by atoms with Crippen LogP contribution in [0.15, 0.2) is 24.3 Å². The molecule has 1 rings (SSSR count). The molecule has 0 aliphatic heterocycles. The van der Waals surface area contributed by atoms with Crippen molar-refractivity contribution in [3.63, 3.8) is 0 Å². The summed E-state index contributed by atoms with van der Waals surface area (Å²) in [5.41, 5.74) is 1.44. The van der Waals surface area contributed by atoms with Crippen LogP contribution in [-0.2, 0) is 0 Å². The Morgan fingerprint density at radius 1 is 1.11 bits per heavy atom. The second-order valence-corrected chi connectivity index (χ2v) is 2.37. The topological polar surface area (TPSA) is 0 Å².